The fourth-order valence-corrected chi connectivity index (χ4v) is 6.71. The van der Waals surface area contributed by atoms with Crippen LogP contribution in [0.3, 0.4) is 0 Å². The van der Waals surface area contributed by atoms with Gasteiger partial charge in [-0.3, -0.25) is 9.59 Å². The molecule has 0 aliphatic rings. The first-order valence-electron chi connectivity index (χ1n) is 23.9. The minimum atomic E-state index is -0.881. The summed E-state index contributed by atoms with van der Waals surface area (Å²) in [6.45, 7) is 4.67. The maximum atomic E-state index is 12.8. The van der Waals surface area contributed by atoms with Crippen LogP contribution in [0.5, 0.6) is 0 Å². The van der Waals surface area contributed by atoms with Crippen molar-refractivity contribution in [1.82, 2.24) is 0 Å². The Morgan fingerprint density at radius 1 is 0.525 bits per heavy atom. The second-order valence-corrected chi connectivity index (χ2v) is 17.1. The second-order valence-electron chi connectivity index (χ2n) is 17.1. The number of likely N-dealkylation sites (N-methyl/N-ethyl adjacent to an activating group) is 1. The number of nitrogens with zero attached hydrogens (tertiary/aromatic N) is 1. The summed E-state index contributed by atoms with van der Waals surface area (Å²) in [5.74, 6) is -1.50. The Kier molecular flexibility index (Phi) is 39.6. The first-order chi connectivity index (χ1) is 28.6. The van der Waals surface area contributed by atoms with Gasteiger partial charge in [0, 0.05) is 19.3 Å². The Hall–Kier alpha value is -2.97. The maximum absolute atomic E-state index is 12.8. The van der Waals surface area contributed by atoms with Gasteiger partial charge in [0.1, 0.15) is 6.61 Å². The zero-order valence-corrected chi connectivity index (χ0v) is 38.7. The molecule has 8 heteroatoms. The molecule has 59 heavy (non-hydrogen) atoms. The van der Waals surface area contributed by atoms with E-state index in [0.29, 0.717) is 19.3 Å². The average Bonchev–Trinajstić information content (AvgIpc) is 3.19. The van der Waals surface area contributed by atoms with Crippen LogP contribution >= 0.6 is 0 Å². The zero-order valence-electron chi connectivity index (χ0n) is 38.7. The van der Waals surface area contributed by atoms with E-state index < -0.39 is 18.1 Å². The summed E-state index contributed by atoms with van der Waals surface area (Å²) in [5, 5.41) is 9.63. The third-order valence-electron chi connectivity index (χ3n) is 10.5. The van der Waals surface area contributed by atoms with Crippen molar-refractivity contribution in [2.45, 2.75) is 206 Å². The molecule has 0 aromatic heterocycles. The van der Waals surface area contributed by atoms with Crippen LogP contribution in [0.1, 0.15) is 194 Å². The van der Waals surface area contributed by atoms with Gasteiger partial charge in [0.15, 0.2) is 12.1 Å². The van der Waals surface area contributed by atoms with Crippen molar-refractivity contribution >= 4 is 17.9 Å². The van der Waals surface area contributed by atoms with Crippen LogP contribution in [0.25, 0.3) is 0 Å². The number of aliphatic carboxylic acids is 1. The molecule has 8 nitrogen and oxygen atoms in total. The lowest BCUT2D eigenvalue weighted by Gasteiger charge is -2.31. The molecule has 0 saturated carbocycles. The van der Waals surface area contributed by atoms with Gasteiger partial charge in [-0.05, 0) is 70.6 Å². The lowest BCUT2D eigenvalue weighted by Crippen LogP contribution is -2.50. The molecule has 0 heterocycles. The van der Waals surface area contributed by atoms with Gasteiger partial charge in [-0.2, -0.15) is 0 Å². The van der Waals surface area contributed by atoms with Gasteiger partial charge in [0.05, 0.1) is 34.4 Å². The first-order valence-corrected chi connectivity index (χ1v) is 23.9. The van der Waals surface area contributed by atoms with Crippen molar-refractivity contribution in [3.8, 4) is 0 Å². The molecule has 0 aliphatic carbocycles. The van der Waals surface area contributed by atoms with E-state index in [4.69, 9.17) is 14.2 Å². The van der Waals surface area contributed by atoms with Crippen molar-refractivity contribution in [3.05, 3.63) is 60.8 Å². The normalized spacial score (nSPS) is 13.4. The van der Waals surface area contributed by atoms with Gasteiger partial charge >= 0.3 is 17.9 Å². The molecule has 0 aromatic carbocycles. The molecular formula is C51H90NO7+. The molecule has 0 aromatic rings. The van der Waals surface area contributed by atoms with E-state index in [1.807, 2.05) is 21.1 Å². The Morgan fingerprint density at radius 3 is 1.47 bits per heavy atom. The molecule has 0 bridgehead atoms. The first kappa shape index (κ1) is 56.0. The number of carbonyl (C=O) groups excluding carboxylic acids is 2. The Labute approximate surface area is 362 Å². The Balaban J connectivity index is 4.37. The highest BCUT2D eigenvalue weighted by atomic mass is 16.6. The van der Waals surface area contributed by atoms with Crippen molar-refractivity contribution in [3.63, 3.8) is 0 Å². The lowest BCUT2D eigenvalue weighted by atomic mass is 10.1. The van der Waals surface area contributed by atoms with E-state index >= 15 is 0 Å². The van der Waals surface area contributed by atoms with E-state index in [9.17, 15) is 19.5 Å². The van der Waals surface area contributed by atoms with Crippen molar-refractivity contribution < 1.29 is 38.2 Å². The molecule has 0 aliphatic heterocycles. The van der Waals surface area contributed by atoms with Crippen LogP contribution in [-0.4, -0.2) is 80.6 Å². The smallest absolute Gasteiger partial charge is 0.362 e. The number of quaternary nitrogens is 1. The predicted octanol–water partition coefficient (Wildman–Crippen LogP) is 13.4. The minimum Gasteiger partial charge on any atom is -0.477 e. The van der Waals surface area contributed by atoms with Crippen LogP contribution in [0.4, 0.5) is 0 Å². The van der Waals surface area contributed by atoms with Crippen LogP contribution in [0.2, 0.25) is 0 Å². The van der Waals surface area contributed by atoms with E-state index in [1.54, 1.807) is 0 Å². The highest BCUT2D eigenvalue weighted by Gasteiger charge is 2.31. The molecule has 0 saturated heterocycles. The summed E-state index contributed by atoms with van der Waals surface area (Å²) < 4.78 is 17.3. The lowest BCUT2D eigenvalue weighted by molar-refractivity contribution is -0.887. The van der Waals surface area contributed by atoms with Gasteiger partial charge in [0.25, 0.3) is 0 Å². The highest BCUT2D eigenvalue weighted by Crippen LogP contribution is 2.14. The summed E-state index contributed by atoms with van der Waals surface area (Å²) in [5.41, 5.74) is 0. The molecule has 0 rings (SSSR count). The van der Waals surface area contributed by atoms with Gasteiger partial charge < -0.3 is 23.8 Å². The molecule has 2 atom stereocenters. The van der Waals surface area contributed by atoms with Crippen molar-refractivity contribution in [1.29, 1.82) is 0 Å². The number of ether oxygens (including phenoxy) is 3. The predicted molar refractivity (Wildman–Crippen MR) is 247 cm³/mol. The van der Waals surface area contributed by atoms with Gasteiger partial charge in [-0.25, -0.2) is 4.79 Å². The maximum Gasteiger partial charge on any atom is 0.362 e. The number of rotatable bonds is 42. The summed E-state index contributed by atoms with van der Waals surface area (Å²) in [6.07, 6.45) is 51.1. The number of allylic oxidation sites excluding steroid dienone is 10. The molecule has 1 N–H and O–H groups in total. The van der Waals surface area contributed by atoms with Gasteiger partial charge in [-0.15, -0.1) is 0 Å². The van der Waals surface area contributed by atoms with E-state index in [0.717, 1.165) is 77.0 Å². The largest absolute Gasteiger partial charge is 0.477 e. The summed E-state index contributed by atoms with van der Waals surface area (Å²) in [4.78, 5) is 37.1. The quantitative estimate of drug-likeness (QED) is 0.0215. The monoisotopic (exact) mass is 829 g/mol. The fourth-order valence-electron chi connectivity index (χ4n) is 6.71. The van der Waals surface area contributed by atoms with Crippen LogP contribution < -0.4 is 0 Å². The van der Waals surface area contributed by atoms with Crippen molar-refractivity contribution in [2.75, 3.05) is 41.0 Å². The SMILES string of the molecule is CCCCC/C=C/C/C=C/CCCCCCCCCC(=O)OC(COCCC(C(=O)O)[N+](C)(C)C)COC(=O)CCCCCCC/C=C/C=C/C=C/CCCCCCC. The van der Waals surface area contributed by atoms with E-state index in [1.165, 1.54) is 83.5 Å². The summed E-state index contributed by atoms with van der Waals surface area (Å²) in [6, 6.07) is -0.622. The summed E-state index contributed by atoms with van der Waals surface area (Å²) >= 11 is 0. The third kappa shape index (κ3) is 40.2. The molecule has 340 valence electrons. The molecule has 0 fully saturated rings. The molecule has 0 spiro atoms. The summed E-state index contributed by atoms with van der Waals surface area (Å²) in [7, 11) is 5.52. The van der Waals surface area contributed by atoms with Crippen LogP contribution in [-0.2, 0) is 28.6 Å². The average molecular weight is 829 g/mol. The van der Waals surface area contributed by atoms with Crippen molar-refractivity contribution in [2.24, 2.45) is 0 Å². The number of esters is 2. The number of carbonyl (C=O) groups is 3. The number of unbranched alkanes of at least 4 members (excludes halogenated alkanes) is 20. The van der Waals surface area contributed by atoms with Crippen LogP contribution in [0.15, 0.2) is 60.8 Å². The van der Waals surface area contributed by atoms with Crippen LogP contribution in [0, 0.1) is 0 Å². The topological polar surface area (TPSA) is 99.1 Å². The standard InChI is InChI=1S/C51H89NO7/c1-6-8-10-12-14-16-18-20-22-24-26-27-29-31-33-35-37-39-41-49(53)58-46-47(45-57-44-43-48(51(55)56)52(3,4)5)59-50(54)42-40-38-36-34-32-30-28-25-23-21-19-17-15-13-11-9-7-2/h15,17-18,20-24,26-27,47-48H,6-14,16,19,25,28-46H2,1-5H3/p+1/b17-15+,20-18+,23-21+,24-22+,27-26+. The number of carboxylic acids is 1. The zero-order chi connectivity index (χ0) is 43.5. The van der Waals surface area contributed by atoms with E-state index in [-0.39, 0.29) is 36.2 Å². The van der Waals surface area contributed by atoms with E-state index in [2.05, 4.69) is 74.6 Å². The Morgan fingerprint density at radius 2 is 0.966 bits per heavy atom. The number of carboxylic acid groups (broad SMARTS) is 1. The third-order valence-corrected chi connectivity index (χ3v) is 10.5. The second kappa shape index (κ2) is 41.8. The number of hydrogen-bond donors (Lipinski definition) is 1. The van der Waals surface area contributed by atoms with Gasteiger partial charge in [0.2, 0.25) is 0 Å². The molecule has 0 amide bonds. The van der Waals surface area contributed by atoms with Gasteiger partial charge in [-0.1, -0.05) is 164 Å². The molecule has 0 radical (unpaired) electrons. The number of hydrogen-bond acceptors (Lipinski definition) is 6. The molecular weight excluding hydrogens is 739 g/mol. The Bertz CT molecular complexity index is 1150. The fraction of sp³-hybridized carbons (Fsp3) is 0.745. The highest BCUT2D eigenvalue weighted by molar-refractivity contribution is 5.72. The molecule has 2 unspecified atom stereocenters. The minimum absolute atomic E-state index is 0.0492.